The fraction of sp³-hybridized carbons (Fsp3) is 0.500. The lowest BCUT2D eigenvalue weighted by atomic mass is 10.2. The van der Waals surface area contributed by atoms with Crippen LogP contribution in [0.25, 0.3) is 10.9 Å². The lowest BCUT2D eigenvalue weighted by molar-refractivity contribution is 0.142. The number of benzene rings is 1. The molecule has 33 heavy (non-hydrogen) atoms. The second kappa shape index (κ2) is 10.4. The van der Waals surface area contributed by atoms with Gasteiger partial charge in [-0.3, -0.25) is 0 Å². The van der Waals surface area contributed by atoms with E-state index < -0.39 is 5.83 Å². The van der Waals surface area contributed by atoms with Crippen LogP contribution in [0.15, 0.2) is 35.6 Å². The van der Waals surface area contributed by atoms with Crippen molar-refractivity contribution in [3.63, 3.8) is 0 Å². The minimum atomic E-state index is -0.532. The van der Waals surface area contributed by atoms with Gasteiger partial charge in [-0.2, -0.15) is 0 Å². The summed E-state index contributed by atoms with van der Waals surface area (Å²) < 4.78 is 38.0. The molecular weight excluding hydrogens is 427 g/mol. The largest absolute Gasteiger partial charge is 0.489 e. The number of aromatic nitrogens is 1. The number of aromatic amines is 1. The van der Waals surface area contributed by atoms with Crippen LogP contribution in [-0.4, -0.2) is 74.4 Å². The van der Waals surface area contributed by atoms with E-state index in [1.54, 1.807) is 20.0 Å². The Labute approximate surface area is 193 Å². The molecule has 9 heteroatoms. The zero-order valence-corrected chi connectivity index (χ0v) is 19.6. The summed E-state index contributed by atoms with van der Waals surface area (Å²) in [7, 11) is 2.16. The standard InChI is InChI=1S/C24H33FN4O4/c1-16(26)13-18(25)17(2)33-21-15-27-19-14-20(23-24(22(19)21)32-12-11-31-23)30-10-4-5-29-8-6-28(3)7-9-29/h13-15,27H,4-12,26H2,1-3H3/b16-13+,18-17-. The van der Waals surface area contributed by atoms with Gasteiger partial charge in [-0.05, 0) is 33.4 Å². The van der Waals surface area contributed by atoms with Crippen molar-refractivity contribution in [3.8, 4) is 23.0 Å². The number of fused-ring (bicyclic) bond motifs is 3. The Kier molecular flexibility index (Phi) is 7.29. The first-order valence-corrected chi connectivity index (χ1v) is 11.4. The van der Waals surface area contributed by atoms with Gasteiger partial charge in [0.05, 0.1) is 17.5 Å². The number of likely N-dealkylation sites (N-methyl/N-ethyl adjacent to an activating group) is 1. The summed E-state index contributed by atoms with van der Waals surface area (Å²) in [5, 5.41) is 0.690. The van der Waals surface area contributed by atoms with Gasteiger partial charge >= 0.3 is 0 Å². The normalized spacial score (nSPS) is 18.4. The van der Waals surface area contributed by atoms with Crippen molar-refractivity contribution in [1.82, 2.24) is 14.8 Å². The average Bonchev–Trinajstić information content (AvgIpc) is 3.20. The molecule has 2 aliphatic heterocycles. The molecule has 1 fully saturated rings. The highest BCUT2D eigenvalue weighted by molar-refractivity contribution is 5.96. The number of nitrogens with two attached hydrogens (primary N) is 1. The van der Waals surface area contributed by atoms with Crippen LogP contribution in [0.5, 0.6) is 23.0 Å². The van der Waals surface area contributed by atoms with E-state index >= 15 is 0 Å². The summed E-state index contributed by atoms with van der Waals surface area (Å²) in [5.74, 6) is 1.75. The minimum absolute atomic E-state index is 0.107. The quantitative estimate of drug-likeness (QED) is 0.355. The molecule has 1 aromatic heterocycles. The third kappa shape index (κ3) is 5.54. The smallest absolute Gasteiger partial charge is 0.204 e. The van der Waals surface area contributed by atoms with Crippen LogP contribution in [-0.2, 0) is 0 Å². The van der Waals surface area contributed by atoms with Gasteiger partial charge in [0.1, 0.15) is 19.0 Å². The van der Waals surface area contributed by atoms with Crippen molar-refractivity contribution in [2.45, 2.75) is 20.3 Å². The highest BCUT2D eigenvalue weighted by Crippen LogP contribution is 2.48. The van der Waals surface area contributed by atoms with Gasteiger partial charge < -0.3 is 39.5 Å². The molecule has 0 bridgehead atoms. The summed E-state index contributed by atoms with van der Waals surface area (Å²) in [6.07, 6.45) is 3.83. The fourth-order valence-corrected chi connectivity index (χ4v) is 4.00. The van der Waals surface area contributed by atoms with Crippen molar-refractivity contribution in [2.24, 2.45) is 5.73 Å². The molecule has 0 unspecified atom stereocenters. The number of hydrogen-bond donors (Lipinski definition) is 2. The van der Waals surface area contributed by atoms with E-state index in [4.69, 9.17) is 24.7 Å². The van der Waals surface area contributed by atoms with Crippen molar-refractivity contribution < 1.29 is 23.3 Å². The van der Waals surface area contributed by atoms with Crippen molar-refractivity contribution >= 4 is 10.9 Å². The third-order valence-corrected chi connectivity index (χ3v) is 5.81. The molecule has 0 radical (unpaired) electrons. The van der Waals surface area contributed by atoms with Crippen molar-refractivity contribution in [2.75, 3.05) is 59.6 Å². The number of hydrogen-bond acceptors (Lipinski definition) is 7. The highest BCUT2D eigenvalue weighted by Gasteiger charge is 2.25. The molecule has 8 nitrogen and oxygen atoms in total. The SMILES string of the molecule is C/C(Oc1c[nH]c2cc(OCCCN3CCN(C)CC3)c3c(c12)OCCO3)=C(F)\C=C(/C)N. The van der Waals surface area contributed by atoms with Gasteiger partial charge in [-0.15, -0.1) is 0 Å². The summed E-state index contributed by atoms with van der Waals surface area (Å²) in [6.45, 7) is 10.00. The van der Waals surface area contributed by atoms with Crippen LogP contribution in [0.3, 0.4) is 0 Å². The topological polar surface area (TPSA) is 85.2 Å². The monoisotopic (exact) mass is 460 g/mol. The first-order valence-electron chi connectivity index (χ1n) is 11.4. The van der Waals surface area contributed by atoms with E-state index in [0.717, 1.165) is 44.7 Å². The van der Waals surface area contributed by atoms with E-state index in [1.165, 1.54) is 6.08 Å². The molecule has 1 saturated heterocycles. The Morgan fingerprint density at radius 1 is 1.15 bits per heavy atom. The Morgan fingerprint density at radius 3 is 2.61 bits per heavy atom. The second-order valence-electron chi connectivity index (χ2n) is 8.55. The number of nitrogens with one attached hydrogen (secondary N) is 1. The Balaban J connectivity index is 1.50. The maximum Gasteiger partial charge on any atom is 0.204 e. The Hall–Kier alpha value is -2.91. The molecule has 180 valence electrons. The lowest BCUT2D eigenvalue weighted by Gasteiger charge is -2.32. The average molecular weight is 461 g/mol. The molecule has 0 saturated carbocycles. The van der Waals surface area contributed by atoms with Crippen LogP contribution in [0.4, 0.5) is 4.39 Å². The molecule has 0 atom stereocenters. The van der Waals surface area contributed by atoms with E-state index in [2.05, 4.69) is 21.8 Å². The predicted molar refractivity (Wildman–Crippen MR) is 126 cm³/mol. The number of rotatable bonds is 8. The Morgan fingerprint density at radius 2 is 1.88 bits per heavy atom. The van der Waals surface area contributed by atoms with Crippen LogP contribution in [0.1, 0.15) is 20.3 Å². The van der Waals surface area contributed by atoms with Gasteiger partial charge in [-0.1, -0.05) is 0 Å². The van der Waals surface area contributed by atoms with Gasteiger partial charge in [0, 0.05) is 50.7 Å². The third-order valence-electron chi connectivity index (χ3n) is 5.81. The molecule has 0 spiro atoms. The van der Waals surface area contributed by atoms with Crippen molar-refractivity contribution in [1.29, 1.82) is 0 Å². The molecule has 3 heterocycles. The number of piperazine rings is 1. The number of allylic oxidation sites excluding steroid dienone is 4. The van der Waals surface area contributed by atoms with Crippen LogP contribution < -0.4 is 24.7 Å². The van der Waals surface area contributed by atoms with Gasteiger partial charge in [0.15, 0.2) is 23.1 Å². The van der Waals surface area contributed by atoms with Gasteiger partial charge in [0.25, 0.3) is 0 Å². The maximum atomic E-state index is 14.3. The molecule has 4 rings (SSSR count). The molecule has 3 N–H and O–H groups in total. The molecular formula is C24H33FN4O4. The lowest BCUT2D eigenvalue weighted by Crippen LogP contribution is -2.44. The highest BCUT2D eigenvalue weighted by atomic mass is 19.1. The van der Waals surface area contributed by atoms with Crippen LogP contribution >= 0.6 is 0 Å². The first-order chi connectivity index (χ1) is 15.9. The molecule has 0 amide bonds. The van der Waals surface area contributed by atoms with Crippen LogP contribution in [0, 0.1) is 0 Å². The van der Waals surface area contributed by atoms with E-state index in [1.807, 2.05) is 6.07 Å². The predicted octanol–water partition coefficient (Wildman–Crippen LogP) is 3.40. The Bertz CT molecular complexity index is 1040. The first kappa shape index (κ1) is 23.3. The zero-order chi connectivity index (χ0) is 23.4. The van der Waals surface area contributed by atoms with Gasteiger partial charge in [0.2, 0.25) is 5.75 Å². The molecule has 1 aromatic carbocycles. The van der Waals surface area contributed by atoms with E-state index in [0.29, 0.717) is 53.9 Å². The molecule has 2 aliphatic rings. The number of ether oxygens (including phenoxy) is 4. The van der Waals surface area contributed by atoms with Gasteiger partial charge in [-0.25, -0.2) is 4.39 Å². The van der Waals surface area contributed by atoms with E-state index in [-0.39, 0.29) is 5.76 Å². The summed E-state index contributed by atoms with van der Waals surface area (Å²) >= 11 is 0. The number of halogens is 1. The summed E-state index contributed by atoms with van der Waals surface area (Å²) in [6, 6.07) is 1.88. The molecule has 0 aliphatic carbocycles. The minimum Gasteiger partial charge on any atom is -0.489 e. The molecule has 2 aromatic rings. The second-order valence-corrected chi connectivity index (χ2v) is 8.55. The fourth-order valence-electron chi connectivity index (χ4n) is 4.00. The zero-order valence-electron chi connectivity index (χ0n) is 19.6. The van der Waals surface area contributed by atoms with Crippen molar-refractivity contribution in [3.05, 3.63) is 35.6 Å². The summed E-state index contributed by atoms with van der Waals surface area (Å²) in [5.41, 5.74) is 6.70. The van der Waals surface area contributed by atoms with Crippen LogP contribution in [0.2, 0.25) is 0 Å². The number of H-pyrrole nitrogens is 1. The van der Waals surface area contributed by atoms with E-state index in [9.17, 15) is 4.39 Å². The maximum absolute atomic E-state index is 14.3. The number of nitrogens with zero attached hydrogens (tertiary/aromatic N) is 2. The summed E-state index contributed by atoms with van der Waals surface area (Å²) in [4.78, 5) is 7.99.